The van der Waals surface area contributed by atoms with Crippen molar-refractivity contribution >= 4 is 16.9 Å². The fraction of sp³-hybridized carbons (Fsp3) is 0.294. The molecule has 0 fully saturated rings. The third-order valence-corrected chi connectivity index (χ3v) is 3.51. The van der Waals surface area contributed by atoms with Crippen LogP contribution in [-0.4, -0.2) is 31.4 Å². The normalized spacial score (nSPS) is 11.2. The maximum Gasteiger partial charge on any atom is 0.339 e. The lowest BCUT2D eigenvalue weighted by Gasteiger charge is -2.09. The first-order valence-corrected chi connectivity index (χ1v) is 7.62. The topological polar surface area (TPSA) is 79.0 Å². The second-order valence-corrected chi connectivity index (χ2v) is 5.88. The summed E-state index contributed by atoms with van der Waals surface area (Å²) in [6.07, 6.45) is 6.46. The largest absolute Gasteiger partial charge is 0.459 e. The number of carbonyl (C=O) groups excluding carboxylic acids is 1. The van der Waals surface area contributed by atoms with Crippen molar-refractivity contribution in [2.75, 3.05) is 0 Å². The van der Waals surface area contributed by atoms with E-state index in [2.05, 4.69) is 10.1 Å². The van der Waals surface area contributed by atoms with Crippen LogP contribution < -0.4 is 5.56 Å². The van der Waals surface area contributed by atoms with Crippen molar-refractivity contribution in [1.29, 1.82) is 0 Å². The lowest BCUT2D eigenvalue weighted by Crippen LogP contribution is -2.21. The SMILES string of the molecule is CC(C)OC(=O)c1cnc2ccn(Cc3cnn(C)c3)c(=O)c2c1. The van der Waals surface area contributed by atoms with Crippen LogP contribution in [0, 0.1) is 0 Å². The summed E-state index contributed by atoms with van der Waals surface area (Å²) in [7, 11) is 1.82. The van der Waals surface area contributed by atoms with Crippen LogP contribution in [0.2, 0.25) is 0 Å². The van der Waals surface area contributed by atoms with E-state index >= 15 is 0 Å². The number of ether oxygens (including phenoxy) is 1. The molecule has 0 N–H and O–H groups in total. The Balaban J connectivity index is 2.00. The average Bonchev–Trinajstić information content (AvgIpc) is 2.94. The number of pyridine rings is 2. The summed E-state index contributed by atoms with van der Waals surface area (Å²) in [6, 6.07) is 3.29. The van der Waals surface area contributed by atoms with E-state index in [0.717, 1.165) is 5.56 Å². The second-order valence-electron chi connectivity index (χ2n) is 5.88. The maximum absolute atomic E-state index is 12.7. The highest BCUT2D eigenvalue weighted by atomic mass is 16.5. The smallest absolute Gasteiger partial charge is 0.339 e. The number of esters is 1. The molecule has 0 bridgehead atoms. The number of nitrogens with zero attached hydrogens (tertiary/aromatic N) is 4. The summed E-state index contributed by atoms with van der Waals surface area (Å²) in [4.78, 5) is 28.9. The zero-order valence-electron chi connectivity index (χ0n) is 13.8. The monoisotopic (exact) mass is 326 g/mol. The van der Waals surface area contributed by atoms with E-state index in [4.69, 9.17) is 4.74 Å². The van der Waals surface area contributed by atoms with Crippen molar-refractivity contribution < 1.29 is 9.53 Å². The Labute approximate surface area is 138 Å². The summed E-state index contributed by atoms with van der Waals surface area (Å²) in [5, 5.41) is 4.49. The first-order valence-electron chi connectivity index (χ1n) is 7.62. The number of fused-ring (bicyclic) bond motifs is 1. The molecule has 0 saturated heterocycles. The molecule has 7 nitrogen and oxygen atoms in total. The van der Waals surface area contributed by atoms with E-state index in [1.807, 2.05) is 13.2 Å². The minimum Gasteiger partial charge on any atom is -0.459 e. The van der Waals surface area contributed by atoms with Gasteiger partial charge in [-0.3, -0.25) is 14.5 Å². The molecule has 0 saturated carbocycles. The van der Waals surface area contributed by atoms with E-state index in [-0.39, 0.29) is 17.2 Å². The van der Waals surface area contributed by atoms with Crippen molar-refractivity contribution in [3.63, 3.8) is 0 Å². The van der Waals surface area contributed by atoms with Gasteiger partial charge in [0.1, 0.15) is 0 Å². The molecular formula is C17H18N4O3. The van der Waals surface area contributed by atoms with Crippen LogP contribution in [0.1, 0.15) is 29.8 Å². The Kier molecular flexibility index (Phi) is 4.16. The van der Waals surface area contributed by atoms with Crippen LogP contribution in [0.15, 0.2) is 41.7 Å². The molecule has 24 heavy (non-hydrogen) atoms. The van der Waals surface area contributed by atoms with Crippen LogP contribution in [0.5, 0.6) is 0 Å². The lowest BCUT2D eigenvalue weighted by atomic mass is 10.2. The van der Waals surface area contributed by atoms with E-state index in [0.29, 0.717) is 17.4 Å². The van der Waals surface area contributed by atoms with Crippen molar-refractivity contribution in [1.82, 2.24) is 19.3 Å². The van der Waals surface area contributed by atoms with Gasteiger partial charge in [0.25, 0.3) is 5.56 Å². The highest BCUT2D eigenvalue weighted by molar-refractivity contribution is 5.93. The molecular weight excluding hydrogens is 308 g/mol. The minimum absolute atomic E-state index is 0.206. The van der Waals surface area contributed by atoms with Gasteiger partial charge >= 0.3 is 5.97 Å². The van der Waals surface area contributed by atoms with E-state index in [1.54, 1.807) is 41.6 Å². The van der Waals surface area contributed by atoms with Crippen LogP contribution in [0.25, 0.3) is 10.9 Å². The zero-order chi connectivity index (χ0) is 17.3. The van der Waals surface area contributed by atoms with E-state index < -0.39 is 5.97 Å². The molecule has 7 heteroatoms. The van der Waals surface area contributed by atoms with Gasteiger partial charge in [-0.25, -0.2) is 4.79 Å². The van der Waals surface area contributed by atoms with Gasteiger partial charge in [-0.15, -0.1) is 0 Å². The molecule has 3 aromatic rings. The van der Waals surface area contributed by atoms with E-state index in [1.165, 1.54) is 12.3 Å². The third kappa shape index (κ3) is 3.19. The summed E-state index contributed by atoms with van der Waals surface area (Å²) in [5.41, 5.74) is 1.53. The molecule has 0 aliphatic heterocycles. The van der Waals surface area contributed by atoms with Crippen LogP contribution in [0.4, 0.5) is 0 Å². The van der Waals surface area contributed by atoms with Gasteiger partial charge in [0.2, 0.25) is 0 Å². The molecule has 3 rings (SSSR count). The average molecular weight is 326 g/mol. The van der Waals surface area contributed by atoms with Gasteiger partial charge in [-0.05, 0) is 26.0 Å². The maximum atomic E-state index is 12.7. The van der Waals surface area contributed by atoms with Gasteiger partial charge in [0.15, 0.2) is 0 Å². The number of hydrogen-bond acceptors (Lipinski definition) is 5. The summed E-state index contributed by atoms with van der Waals surface area (Å²) >= 11 is 0. The van der Waals surface area contributed by atoms with Crippen molar-refractivity contribution in [3.05, 3.63) is 58.4 Å². The Morgan fingerprint density at radius 1 is 1.33 bits per heavy atom. The molecule has 0 atom stereocenters. The molecule has 3 aromatic heterocycles. The fourth-order valence-corrected chi connectivity index (χ4v) is 2.43. The highest BCUT2D eigenvalue weighted by Gasteiger charge is 2.13. The summed E-state index contributed by atoms with van der Waals surface area (Å²) in [6.45, 7) is 3.95. The Bertz CT molecular complexity index is 956. The van der Waals surface area contributed by atoms with Gasteiger partial charge in [0, 0.05) is 31.2 Å². The molecule has 0 spiro atoms. The molecule has 0 aliphatic rings. The van der Waals surface area contributed by atoms with Crippen molar-refractivity contribution in [2.45, 2.75) is 26.5 Å². The Morgan fingerprint density at radius 3 is 2.79 bits per heavy atom. The Morgan fingerprint density at radius 2 is 2.12 bits per heavy atom. The summed E-state index contributed by atoms with van der Waals surface area (Å²) < 4.78 is 8.41. The third-order valence-electron chi connectivity index (χ3n) is 3.51. The number of carbonyl (C=O) groups is 1. The minimum atomic E-state index is -0.485. The van der Waals surface area contributed by atoms with Crippen LogP contribution in [-0.2, 0) is 18.3 Å². The molecule has 0 amide bonds. The van der Waals surface area contributed by atoms with Crippen molar-refractivity contribution in [3.8, 4) is 0 Å². The zero-order valence-corrected chi connectivity index (χ0v) is 13.8. The van der Waals surface area contributed by atoms with Gasteiger partial charge in [0.05, 0.1) is 35.3 Å². The predicted octanol–water partition coefficient (Wildman–Crippen LogP) is 1.74. The number of hydrogen-bond donors (Lipinski definition) is 0. The lowest BCUT2D eigenvalue weighted by molar-refractivity contribution is 0.0377. The van der Waals surface area contributed by atoms with Gasteiger partial charge in [-0.1, -0.05) is 0 Å². The van der Waals surface area contributed by atoms with Crippen LogP contribution in [0.3, 0.4) is 0 Å². The highest BCUT2D eigenvalue weighted by Crippen LogP contribution is 2.11. The number of rotatable bonds is 4. The molecule has 0 aliphatic carbocycles. The fourth-order valence-electron chi connectivity index (χ4n) is 2.43. The van der Waals surface area contributed by atoms with Gasteiger partial charge in [-0.2, -0.15) is 5.10 Å². The first kappa shape index (κ1) is 15.9. The molecule has 124 valence electrons. The molecule has 0 radical (unpaired) electrons. The second kappa shape index (κ2) is 6.27. The Hall–Kier alpha value is -2.96. The quantitative estimate of drug-likeness (QED) is 0.682. The molecule has 0 aromatic carbocycles. The van der Waals surface area contributed by atoms with Gasteiger partial charge < -0.3 is 9.30 Å². The molecule has 0 unspecified atom stereocenters. The number of aryl methyl sites for hydroxylation is 1. The van der Waals surface area contributed by atoms with Crippen LogP contribution >= 0.6 is 0 Å². The van der Waals surface area contributed by atoms with E-state index in [9.17, 15) is 9.59 Å². The predicted molar refractivity (Wildman–Crippen MR) is 88.9 cm³/mol. The first-order chi connectivity index (χ1) is 11.4. The summed E-state index contributed by atoms with van der Waals surface area (Å²) in [5.74, 6) is -0.485. The molecule has 3 heterocycles. The number of aromatic nitrogens is 4. The van der Waals surface area contributed by atoms with Crippen molar-refractivity contribution in [2.24, 2.45) is 7.05 Å². The standard InChI is InChI=1S/C17H18N4O3/c1-11(2)24-17(23)13-6-14-15(18-8-13)4-5-21(16(14)22)10-12-7-19-20(3)9-12/h4-9,11H,10H2,1-3H3.